The zero-order valence-corrected chi connectivity index (χ0v) is 8.73. The van der Waals surface area contributed by atoms with E-state index in [9.17, 15) is 0 Å². The van der Waals surface area contributed by atoms with Crippen molar-refractivity contribution in [3.05, 3.63) is 24.0 Å². The third-order valence-corrected chi connectivity index (χ3v) is 1.93. The summed E-state index contributed by atoms with van der Waals surface area (Å²) in [5, 5.41) is 9.13. The molecule has 0 aliphatic heterocycles. The smallest absolute Gasteiger partial charge is 0.137 e. The Bertz CT molecular complexity index is 274. The summed E-state index contributed by atoms with van der Waals surface area (Å²) < 4.78 is 5.33. The Morgan fingerprint density at radius 2 is 2.29 bits per heavy atom. The first-order chi connectivity index (χ1) is 6.72. The Balaban J connectivity index is 2.54. The van der Waals surface area contributed by atoms with Crippen molar-refractivity contribution in [3.63, 3.8) is 0 Å². The molecular formula is C11H17NO2. The molecule has 1 rings (SSSR count). The van der Waals surface area contributed by atoms with Crippen LogP contribution in [0.2, 0.25) is 0 Å². The van der Waals surface area contributed by atoms with E-state index in [1.54, 1.807) is 13.1 Å². The molecule has 0 spiro atoms. The van der Waals surface area contributed by atoms with Crippen LogP contribution in [0.25, 0.3) is 0 Å². The second-order valence-electron chi connectivity index (χ2n) is 3.35. The van der Waals surface area contributed by atoms with Gasteiger partial charge in [-0.3, -0.25) is 4.98 Å². The number of hydrogen-bond acceptors (Lipinski definition) is 3. The molecule has 3 heteroatoms. The van der Waals surface area contributed by atoms with Gasteiger partial charge in [-0.2, -0.15) is 0 Å². The molecule has 0 aliphatic rings. The Kier molecular flexibility index (Phi) is 4.40. The van der Waals surface area contributed by atoms with Gasteiger partial charge in [-0.1, -0.05) is 0 Å². The molecule has 1 aromatic rings. The van der Waals surface area contributed by atoms with Crippen molar-refractivity contribution in [1.82, 2.24) is 4.98 Å². The van der Waals surface area contributed by atoms with Crippen LogP contribution >= 0.6 is 0 Å². The Morgan fingerprint density at radius 1 is 1.50 bits per heavy atom. The number of hydrogen-bond donors (Lipinski definition) is 1. The number of aromatic nitrogens is 1. The van der Waals surface area contributed by atoms with Crippen LogP contribution in [0.5, 0.6) is 5.75 Å². The summed E-state index contributed by atoms with van der Waals surface area (Å²) in [7, 11) is 0. The van der Waals surface area contributed by atoms with Crippen molar-refractivity contribution in [2.24, 2.45) is 0 Å². The lowest BCUT2D eigenvalue weighted by molar-refractivity contribution is 0.185. The first kappa shape index (κ1) is 11.0. The SMILES string of the molecule is CCOc1cncc(CCC(C)O)c1. The average molecular weight is 195 g/mol. The fourth-order valence-electron chi connectivity index (χ4n) is 1.22. The van der Waals surface area contributed by atoms with Crippen molar-refractivity contribution in [2.45, 2.75) is 32.8 Å². The van der Waals surface area contributed by atoms with Gasteiger partial charge in [-0.05, 0) is 38.3 Å². The Hall–Kier alpha value is -1.09. The van der Waals surface area contributed by atoms with E-state index < -0.39 is 0 Å². The summed E-state index contributed by atoms with van der Waals surface area (Å²) in [5.41, 5.74) is 1.11. The van der Waals surface area contributed by atoms with Gasteiger partial charge in [-0.25, -0.2) is 0 Å². The number of ether oxygens (including phenoxy) is 1. The summed E-state index contributed by atoms with van der Waals surface area (Å²) in [6.07, 6.45) is 4.86. The van der Waals surface area contributed by atoms with Gasteiger partial charge in [0.1, 0.15) is 5.75 Å². The van der Waals surface area contributed by atoms with Gasteiger partial charge in [0, 0.05) is 6.20 Å². The fraction of sp³-hybridized carbons (Fsp3) is 0.545. The summed E-state index contributed by atoms with van der Waals surface area (Å²) in [4.78, 5) is 4.07. The molecule has 0 aromatic carbocycles. The van der Waals surface area contributed by atoms with Crippen LogP contribution in [0.1, 0.15) is 25.8 Å². The summed E-state index contributed by atoms with van der Waals surface area (Å²) in [5.74, 6) is 0.801. The predicted molar refractivity (Wildman–Crippen MR) is 55.4 cm³/mol. The number of nitrogens with zero attached hydrogens (tertiary/aromatic N) is 1. The van der Waals surface area contributed by atoms with E-state index in [4.69, 9.17) is 9.84 Å². The molecule has 0 saturated carbocycles. The maximum Gasteiger partial charge on any atom is 0.137 e. The summed E-state index contributed by atoms with van der Waals surface area (Å²) in [6, 6.07) is 1.97. The standard InChI is InChI=1S/C11H17NO2/c1-3-14-11-6-10(7-12-8-11)5-4-9(2)13/h6-9,13H,3-5H2,1-2H3. The van der Waals surface area contributed by atoms with Gasteiger partial charge >= 0.3 is 0 Å². The molecule has 3 nitrogen and oxygen atoms in total. The molecule has 1 heterocycles. The number of aliphatic hydroxyl groups excluding tert-OH is 1. The second-order valence-corrected chi connectivity index (χ2v) is 3.35. The highest BCUT2D eigenvalue weighted by molar-refractivity contribution is 5.23. The van der Waals surface area contributed by atoms with Crippen LogP contribution in [0.15, 0.2) is 18.5 Å². The van der Waals surface area contributed by atoms with E-state index in [1.807, 2.05) is 19.2 Å². The van der Waals surface area contributed by atoms with Crippen LogP contribution < -0.4 is 4.74 Å². The topological polar surface area (TPSA) is 42.4 Å². The highest BCUT2D eigenvalue weighted by Gasteiger charge is 2.00. The van der Waals surface area contributed by atoms with Crippen molar-refractivity contribution in [2.75, 3.05) is 6.61 Å². The predicted octanol–water partition coefficient (Wildman–Crippen LogP) is 1.79. The Labute approximate surface area is 84.7 Å². The van der Waals surface area contributed by atoms with Crippen LogP contribution in [0, 0.1) is 0 Å². The van der Waals surface area contributed by atoms with E-state index >= 15 is 0 Å². The molecule has 0 bridgehead atoms. The van der Waals surface area contributed by atoms with Crippen LogP contribution in [0.4, 0.5) is 0 Å². The highest BCUT2D eigenvalue weighted by Crippen LogP contribution is 2.13. The normalized spacial score (nSPS) is 12.5. The maximum absolute atomic E-state index is 9.13. The van der Waals surface area contributed by atoms with E-state index in [1.165, 1.54) is 0 Å². The van der Waals surface area contributed by atoms with E-state index in [-0.39, 0.29) is 6.10 Å². The minimum Gasteiger partial charge on any atom is -0.492 e. The molecule has 78 valence electrons. The minimum atomic E-state index is -0.259. The molecule has 1 atom stereocenters. The molecule has 0 aliphatic carbocycles. The average Bonchev–Trinajstić information content (AvgIpc) is 2.16. The first-order valence-corrected chi connectivity index (χ1v) is 4.97. The quantitative estimate of drug-likeness (QED) is 0.779. The molecule has 0 amide bonds. The van der Waals surface area contributed by atoms with Gasteiger partial charge in [0.05, 0.1) is 18.9 Å². The molecule has 1 unspecified atom stereocenters. The molecule has 1 N–H and O–H groups in total. The third kappa shape index (κ3) is 3.75. The van der Waals surface area contributed by atoms with E-state index in [0.717, 1.165) is 24.2 Å². The fourth-order valence-corrected chi connectivity index (χ4v) is 1.22. The monoisotopic (exact) mass is 195 g/mol. The minimum absolute atomic E-state index is 0.259. The van der Waals surface area contributed by atoms with Gasteiger partial charge in [-0.15, -0.1) is 0 Å². The van der Waals surface area contributed by atoms with Crippen molar-refractivity contribution in [1.29, 1.82) is 0 Å². The summed E-state index contributed by atoms with van der Waals surface area (Å²) in [6.45, 7) is 4.39. The van der Waals surface area contributed by atoms with Gasteiger partial charge in [0.15, 0.2) is 0 Å². The molecule has 0 saturated heterocycles. The van der Waals surface area contributed by atoms with Crippen LogP contribution in [0.3, 0.4) is 0 Å². The largest absolute Gasteiger partial charge is 0.492 e. The molecule has 1 aromatic heterocycles. The number of aliphatic hydroxyl groups is 1. The van der Waals surface area contributed by atoms with E-state index in [0.29, 0.717) is 6.61 Å². The van der Waals surface area contributed by atoms with Crippen molar-refractivity contribution >= 4 is 0 Å². The van der Waals surface area contributed by atoms with Gasteiger partial charge in [0.2, 0.25) is 0 Å². The second kappa shape index (κ2) is 5.60. The van der Waals surface area contributed by atoms with Crippen LogP contribution in [-0.4, -0.2) is 22.8 Å². The first-order valence-electron chi connectivity index (χ1n) is 4.97. The summed E-state index contributed by atoms with van der Waals surface area (Å²) >= 11 is 0. The zero-order valence-electron chi connectivity index (χ0n) is 8.73. The lowest BCUT2D eigenvalue weighted by Gasteiger charge is -2.06. The van der Waals surface area contributed by atoms with Crippen molar-refractivity contribution in [3.8, 4) is 5.75 Å². The van der Waals surface area contributed by atoms with Crippen molar-refractivity contribution < 1.29 is 9.84 Å². The van der Waals surface area contributed by atoms with E-state index in [2.05, 4.69) is 4.98 Å². The molecule has 0 radical (unpaired) electrons. The lowest BCUT2D eigenvalue weighted by Crippen LogP contribution is -2.02. The Morgan fingerprint density at radius 3 is 2.93 bits per heavy atom. The third-order valence-electron chi connectivity index (χ3n) is 1.93. The molecule has 0 fully saturated rings. The molecule has 14 heavy (non-hydrogen) atoms. The van der Waals surface area contributed by atoms with Gasteiger partial charge in [0.25, 0.3) is 0 Å². The van der Waals surface area contributed by atoms with Crippen LogP contribution in [-0.2, 0) is 6.42 Å². The number of rotatable bonds is 5. The van der Waals surface area contributed by atoms with Gasteiger partial charge < -0.3 is 9.84 Å². The number of pyridine rings is 1. The lowest BCUT2D eigenvalue weighted by atomic mass is 10.1. The highest BCUT2D eigenvalue weighted by atomic mass is 16.5. The zero-order chi connectivity index (χ0) is 10.4. The molecular weight excluding hydrogens is 178 g/mol. The number of aryl methyl sites for hydroxylation is 1. The maximum atomic E-state index is 9.13.